The van der Waals surface area contributed by atoms with Gasteiger partial charge in [-0.2, -0.15) is 0 Å². The van der Waals surface area contributed by atoms with E-state index in [2.05, 4.69) is 34.6 Å². The predicted octanol–water partition coefficient (Wildman–Crippen LogP) is 16.5. The van der Waals surface area contributed by atoms with Crippen molar-refractivity contribution >= 4 is 17.9 Å². The van der Waals surface area contributed by atoms with E-state index in [1.807, 2.05) is 0 Å². The van der Waals surface area contributed by atoms with Crippen molar-refractivity contribution in [3.05, 3.63) is 0 Å². The molecular formula is C52H100O6. The molecule has 0 N–H and O–H groups in total. The van der Waals surface area contributed by atoms with Crippen LogP contribution in [0.25, 0.3) is 0 Å². The van der Waals surface area contributed by atoms with Gasteiger partial charge in [0.2, 0.25) is 0 Å². The molecular weight excluding hydrogens is 721 g/mol. The second kappa shape index (κ2) is 44.9. The molecule has 1 atom stereocenters. The van der Waals surface area contributed by atoms with Crippen molar-refractivity contribution in [3.8, 4) is 0 Å². The Balaban J connectivity index is 4.19. The lowest BCUT2D eigenvalue weighted by molar-refractivity contribution is -0.167. The van der Waals surface area contributed by atoms with Crippen LogP contribution in [0.1, 0.15) is 285 Å². The van der Waals surface area contributed by atoms with Crippen molar-refractivity contribution in [2.24, 2.45) is 11.8 Å². The number of ether oxygens (including phenoxy) is 3. The van der Waals surface area contributed by atoms with E-state index in [0.717, 1.165) is 69.6 Å². The molecule has 6 heteroatoms. The second-order valence-electron chi connectivity index (χ2n) is 18.8. The van der Waals surface area contributed by atoms with Crippen LogP contribution in [0, 0.1) is 11.8 Å². The lowest BCUT2D eigenvalue weighted by atomic mass is 10.0. The number of hydrogen-bond acceptors (Lipinski definition) is 6. The Morgan fingerprint density at radius 1 is 0.328 bits per heavy atom. The summed E-state index contributed by atoms with van der Waals surface area (Å²) in [5.74, 6) is 0.824. The highest BCUT2D eigenvalue weighted by atomic mass is 16.6. The van der Waals surface area contributed by atoms with Crippen LogP contribution in [0.4, 0.5) is 0 Å². The van der Waals surface area contributed by atoms with E-state index in [9.17, 15) is 14.4 Å². The van der Waals surface area contributed by atoms with Crippen LogP contribution in [0.2, 0.25) is 0 Å². The smallest absolute Gasteiger partial charge is 0.306 e. The van der Waals surface area contributed by atoms with Gasteiger partial charge in [0, 0.05) is 19.3 Å². The number of esters is 3. The monoisotopic (exact) mass is 821 g/mol. The SMILES string of the molecule is CCCCCCCCCC(=O)OC[C@@H](COC(=O)CCCCCCCCCCCCCC(C)C)OC(=O)CCCCCCCCCCCCCCCCCCC(C)C. The van der Waals surface area contributed by atoms with Gasteiger partial charge in [0.15, 0.2) is 6.10 Å². The molecule has 0 aromatic carbocycles. The predicted molar refractivity (Wildman–Crippen MR) is 247 cm³/mol. The first-order chi connectivity index (χ1) is 28.2. The average Bonchev–Trinajstić information content (AvgIpc) is 3.19. The number of unbranched alkanes of at least 4 members (excludes halogenated alkanes) is 31. The summed E-state index contributed by atoms with van der Waals surface area (Å²) in [4.78, 5) is 37.8. The molecule has 0 aromatic rings. The molecule has 58 heavy (non-hydrogen) atoms. The lowest BCUT2D eigenvalue weighted by Gasteiger charge is -2.18. The van der Waals surface area contributed by atoms with Crippen LogP contribution < -0.4 is 0 Å². The van der Waals surface area contributed by atoms with Crippen LogP contribution in [-0.2, 0) is 28.6 Å². The van der Waals surface area contributed by atoms with E-state index < -0.39 is 6.10 Å². The van der Waals surface area contributed by atoms with Crippen LogP contribution >= 0.6 is 0 Å². The molecule has 0 bridgehead atoms. The number of hydrogen-bond donors (Lipinski definition) is 0. The zero-order valence-electron chi connectivity index (χ0n) is 39.7. The second-order valence-corrected chi connectivity index (χ2v) is 18.8. The summed E-state index contributed by atoms with van der Waals surface area (Å²) in [7, 11) is 0. The maximum Gasteiger partial charge on any atom is 0.306 e. The van der Waals surface area contributed by atoms with E-state index in [4.69, 9.17) is 14.2 Å². The summed E-state index contributed by atoms with van der Waals surface area (Å²) in [5.41, 5.74) is 0. The molecule has 0 fully saturated rings. The Labute approximate surface area is 361 Å². The van der Waals surface area contributed by atoms with E-state index in [0.29, 0.717) is 19.3 Å². The molecule has 0 saturated carbocycles. The molecule has 0 heterocycles. The molecule has 0 unspecified atom stereocenters. The first kappa shape index (κ1) is 56.4. The first-order valence-corrected chi connectivity index (χ1v) is 25.7. The Hall–Kier alpha value is -1.59. The van der Waals surface area contributed by atoms with Crippen LogP contribution in [0.15, 0.2) is 0 Å². The highest BCUT2D eigenvalue weighted by Crippen LogP contribution is 2.17. The van der Waals surface area contributed by atoms with Crippen molar-refractivity contribution in [2.75, 3.05) is 13.2 Å². The summed E-state index contributed by atoms with van der Waals surface area (Å²) in [5, 5.41) is 0. The number of carbonyl (C=O) groups excluding carboxylic acids is 3. The fraction of sp³-hybridized carbons (Fsp3) is 0.942. The number of carbonyl (C=O) groups is 3. The Bertz CT molecular complexity index is 885. The Morgan fingerprint density at radius 3 is 0.845 bits per heavy atom. The Morgan fingerprint density at radius 2 is 0.569 bits per heavy atom. The summed E-state index contributed by atoms with van der Waals surface area (Å²) < 4.78 is 16.7. The van der Waals surface area contributed by atoms with Gasteiger partial charge in [0.1, 0.15) is 13.2 Å². The summed E-state index contributed by atoms with van der Waals surface area (Å²) in [6, 6.07) is 0. The molecule has 0 aliphatic rings. The van der Waals surface area contributed by atoms with Crippen LogP contribution in [0.5, 0.6) is 0 Å². The maximum absolute atomic E-state index is 12.8. The van der Waals surface area contributed by atoms with E-state index >= 15 is 0 Å². The van der Waals surface area contributed by atoms with Crippen molar-refractivity contribution < 1.29 is 28.6 Å². The normalized spacial score (nSPS) is 12.1. The zero-order chi connectivity index (χ0) is 42.6. The molecule has 0 aliphatic heterocycles. The summed E-state index contributed by atoms with van der Waals surface area (Å²) in [6.45, 7) is 11.3. The van der Waals surface area contributed by atoms with Gasteiger partial charge in [-0.25, -0.2) is 0 Å². The summed E-state index contributed by atoms with van der Waals surface area (Å²) >= 11 is 0. The minimum absolute atomic E-state index is 0.0642. The largest absolute Gasteiger partial charge is 0.462 e. The highest BCUT2D eigenvalue weighted by Gasteiger charge is 2.19. The van der Waals surface area contributed by atoms with Gasteiger partial charge < -0.3 is 14.2 Å². The van der Waals surface area contributed by atoms with E-state index in [-0.39, 0.29) is 31.1 Å². The summed E-state index contributed by atoms with van der Waals surface area (Å²) in [6.07, 6.45) is 45.3. The molecule has 0 aromatic heterocycles. The zero-order valence-corrected chi connectivity index (χ0v) is 39.7. The fourth-order valence-corrected chi connectivity index (χ4v) is 7.81. The van der Waals surface area contributed by atoms with Crippen molar-refractivity contribution in [1.82, 2.24) is 0 Å². The van der Waals surface area contributed by atoms with Crippen LogP contribution in [0.3, 0.4) is 0 Å². The maximum atomic E-state index is 12.8. The minimum atomic E-state index is -0.760. The molecule has 344 valence electrons. The third-order valence-corrected chi connectivity index (χ3v) is 11.7. The standard InChI is InChI=1S/C52H100O6/c1-6-7-8-9-25-32-37-42-50(53)56-45-49(46-57-51(54)43-38-33-28-23-20-16-18-22-27-31-36-41-48(4)5)58-52(55)44-39-34-29-24-19-15-13-11-10-12-14-17-21-26-30-35-40-47(2)3/h47-49H,6-46H2,1-5H3/t49-/m0/s1. The average molecular weight is 821 g/mol. The van der Waals surface area contributed by atoms with Crippen LogP contribution in [-0.4, -0.2) is 37.2 Å². The topological polar surface area (TPSA) is 78.9 Å². The molecule has 0 amide bonds. The van der Waals surface area contributed by atoms with Gasteiger partial charge in [-0.05, 0) is 31.1 Å². The lowest BCUT2D eigenvalue weighted by Crippen LogP contribution is -2.30. The third kappa shape index (κ3) is 45.5. The van der Waals surface area contributed by atoms with E-state index in [1.54, 1.807) is 0 Å². The Kier molecular flexibility index (Phi) is 43.7. The van der Waals surface area contributed by atoms with Gasteiger partial charge in [0.05, 0.1) is 0 Å². The number of rotatable bonds is 46. The van der Waals surface area contributed by atoms with Gasteiger partial charge in [-0.3, -0.25) is 14.4 Å². The fourth-order valence-electron chi connectivity index (χ4n) is 7.81. The molecule has 6 nitrogen and oxygen atoms in total. The molecule has 0 spiro atoms. The molecule has 0 aliphatic carbocycles. The third-order valence-electron chi connectivity index (χ3n) is 11.7. The molecule has 0 saturated heterocycles. The van der Waals surface area contributed by atoms with E-state index in [1.165, 1.54) is 173 Å². The van der Waals surface area contributed by atoms with Gasteiger partial charge >= 0.3 is 17.9 Å². The molecule has 0 radical (unpaired) electrons. The molecule has 0 rings (SSSR count). The quantitative estimate of drug-likeness (QED) is 0.0346. The van der Waals surface area contributed by atoms with Gasteiger partial charge in [0.25, 0.3) is 0 Å². The van der Waals surface area contributed by atoms with Gasteiger partial charge in [-0.1, -0.05) is 247 Å². The van der Waals surface area contributed by atoms with Crippen molar-refractivity contribution in [2.45, 2.75) is 291 Å². The highest BCUT2D eigenvalue weighted by molar-refractivity contribution is 5.71. The van der Waals surface area contributed by atoms with Crippen molar-refractivity contribution in [3.63, 3.8) is 0 Å². The first-order valence-electron chi connectivity index (χ1n) is 25.7. The minimum Gasteiger partial charge on any atom is -0.462 e. The van der Waals surface area contributed by atoms with Crippen molar-refractivity contribution in [1.29, 1.82) is 0 Å². The van der Waals surface area contributed by atoms with Gasteiger partial charge in [-0.15, -0.1) is 0 Å².